The molecule has 124 valence electrons. The van der Waals surface area contributed by atoms with Gasteiger partial charge in [-0.2, -0.15) is 0 Å². The van der Waals surface area contributed by atoms with Gasteiger partial charge in [0.05, 0.1) is 13.5 Å². The topological polar surface area (TPSA) is 55.8 Å². The first-order chi connectivity index (χ1) is 11.7. The fourth-order valence-corrected chi connectivity index (χ4v) is 2.76. The van der Waals surface area contributed by atoms with Crippen LogP contribution in [0.1, 0.15) is 11.1 Å². The van der Waals surface area contributed by atoms with Crippen LogP contribution in [0.4, 0.5) is 5.69 Å². The van der Waals surface area contributed by atoms with Crippen LogP contribution in [0.2, 0.25) is 0 Å². The number of esters is 1. The molecule has 2 aromatic carbocycles. The molecule has 2 aromatic rings. The summed E-state index contributed by atoms with van der Waals surface area (Å²) in [5.74, 6) is 0.259. The van der Waals surface area contributed by atoms with Gasteiger partial charge in [-0.15, -0.1) is 0 Å². The third-order valence-corrected chi connectivity index (χ3v) is 4.05. The van der Waals surface area contributed by atoms with Crippen molar-refractivity contribution in [1.29, 1.82) is 0 Å². The van der Waals surface area contributed by atoms with Crippen molar-refractivity contribution < 1.29 is 19.1 Å². The number of methoxy groups -OCH3 is 1. The van der Waals surface area contributed by atoms with Gasteiger partial charge in [-0.1, -0.05) is 30.3 Å². The first kappa shape index (κ1) is 16.1. The van der Waals surface area contributed by atoms with Gasteiger partial charge in [-0.05, 0) is 35.7 Å². The lowest BCUT2D eigenvalue weighted by atomic mass is 10.1. The van der Waals surface area contributed by atoms with E-state index in [0.717, 1.165) is 17.7 Å². The Bertz CT molecular complexity index is 739. The van der Waals surface area contributed by atoms with Crippen molar-refractivity contribution in [3.05, 3.63) is 59.7 Å². The third kappa shape index (κ3) is 3.56. The van der Waals surface area contributed by atoms with E-state index in [1.807, 2.05) is 24.3 Å². The SMILES string of the molecule is COC(=O)Cc1ccc(OCC(=O)N2CCc3ccccc32)cc1. The maximum absolute atomic E-state index is 12.4. The molecule has 0 saturated carbocycles. The van der Waals surface area contributed by atoms with Crippen LogP contribution in [0.15, 0.2) is 48.5 Å². The fraction of sp³-hybridized carbons (Fsp3) is 0.263. The Kier molecular flexibility index (Phi) is 4.79. The van der Waals surface area contributed by atoms with Crippen LogP contribution in [0.25, 0.3) is 0 Å². The van der Waals surface area contributed by atoms with Crippen LogP contribution in [-0.2, 0) is 27.2 Å². The van der Waals surface area contributed by atoms with Gasteiger partial charge in [0.25, 0.3) is 5.91 Å². The predicted molar refractivity (Wildman–Crippen MR) is 90.2 cm³/mol. The maximum Gasteiger partial charge on any atom is 0.309 e. The zero-order valence-corrected chi connectivity index (χ0v) is 13.5. The zero-order valence-electron chi connectivity index (χ0n) is 13.5. The third-order valence-electron chi connectivity index (χ3n) is 4.05. The zero-order chi connectivity index (χ0) is 16.9. The minimum atomic E-state index is -0.286. The van der Waals surface area contributed by atoms with Gasteiger partial charge >= 0.3 is 5.97 Å². The van der Waals surface area contributed by atoms with Gasteiger partial charge < -0.3 is 14.4 Å². The number of benzene rings is 2. The molecule has 0 saturated heterocycles. The number of anilines is 1. The van der Waals surface area contributed by atoms with Crippen LogP contribution >= 0.6 is 0 Å². The number of hydrogen-bond donors (Lipinski definition) is 0. The van der Waals surface area contributed by atoms with E-state index in [1.165, 1.54) is 12.7 Å². The largest absolute Gasteiger partial charge is 0.484 e. The number of ether oxygens (including phenoxy) is 2. The highest BCUT2D eigenvalue weighted by molar-refractivity contribution is 5.96. The van der Waals surface area contributed by atoms with Crippen molar-refractivity contribution in [2.45, 2.75) is 12.8 Å². The fourth-order valence-electron chi connectivity index (χ4n) is 2.76. The molecule has 1 aliphatic heterocycles. The molecule has 24 heavy (non-hydrogen) atoms. The van der Waals surface area contributed by atoms with Crippen molar-refractivity contribution in [2.24, 2.45) is 0 Å². The molecule has 0 fully saturated rings. The Balaban J connectivity index is 1.56. The summed E-state index contributed by atoms with van der Waals surface area (Å²) in [6.45, 7) is 0.685. The second-order valence-corrected chi connectivity index (χ2v) is 5.61. The molecule has 0 atom stereocenters. The molecule has 1 amide bonds. The second-order valence-electron chi connectivity index (χ2n) is 5.61. The van der Waals surface area contributed by atoms with Crippen molar-refractivity contribution in [3.8, 4) is 5.75 Å². The van der Waals surface area contributed by atoms with E-state index >= 15 is 0 Å². The number of carbonyl (C=O) groups is 2. The maximum atomic E-state index is 12.4. The number of nitrogens with zero attached hydrogens (tertiary/aromatic N) is 1. The average molecular weight is 325 g/mol. The summed E-state index contributed by atoms with van der Waals surface area (Å²) in [6, 6.07) is 15.0. The molecule has 5 nitrogen and oxygen atoms in total. The highest BCUT2D eigenvalue weighted by atomic mass is 16.5. The van der Waals surface area contributed by atoms with E-state index in [1.54, 1.807) is 29.2 Å². The summed E-state index contributed by atoms with van der Waals surface area (Å²) < 4.78 is 10.2. The summed E-state index contributed by atoms with van der Waals surface area (Å²) in [5, 5.41) is 0. The molecule has 1 heterocycles. The van der Waals surface area contributed by atoms with Crippen LogP contribution in [0.3, 0.4) is 0 Å². The van der Waals surface area contributed by atoms with E-state index in [2.05, 4.69) is 4.74 Å². The molecule has 0 radical (unpaired) electrons. The molecule has 0 aromatic heterocycles. The first-order valence-corrected chi connectivity index (χ1v) is 7.84. The van der Waals surface area contributed by atoms with Crippen molar-refractivity contribution in [3.63, 3.8) is 0 Å². The number of hydrogen-bond acceptors (Lipinski definition) is 4. The Labute approximate surface area is 140 Å². The second kappa shape index (κ2) is 7.17. The Morgan fingerprint density at radius 2 is 1.83 bits per heavy atom. The summed E-state index contributed by atoms with van der Waals surface area (Å²) >= 11 is 0. The van der Waals surface area contributed by atoms with Crippen molar-refractivity contribution in [2.75, 3.05) is 25.2 Å². The molecule has 5 heteroatoms. The minimum Gasteiger partial charge on any atom is -0.484 e. The summed E-state index contributed by atoms with van der Waals surface area (Å²) in [4.78, 5) is 25.4. The van der Waals surface area contributed by atoms with Crippen LogP contribution in [0, 0.1) is 0 Å². The van der Waals surface area contributed by atoms with Crippen molar-refractivity contribution in [1.82, 2.24) is 0 Å². The van der Waals surface area contributed by atoms with Crippen LogP contribution < -0.4 is 9.64 Å². The molecular weight excluding hydrogens is 306 g/mol. The molecular formula is C19H19NO4. The van der Waals surface area contributed by atoms with Crippen LogP contribution in [-0.4, -0.2) is 32.1 Å². The van der Waals surface area contributed by atoms with Gasteiger partial charge in [0.1, 0.15) is 5.75 Å². The Morgan fingerprint density at radius 3 is 2.58 bits per heavy atom. The smallest absolute Gasteiger partial charge is 0.309 e. The standard InChI is InChI=1S/C19H19NO4/c1-23-19(22)12-14-6-8-16(9-7-14)24-13-18(21)20-11-10-15-4-2-3-5-17(15)20/h2-9H,10-13H2,1H3. The molecule has 1 aliphatic rings. The average Bonchev–Trinajstić information content (AvgIpc) is 3.05. The molecule has 0 aliphatic carbocycles. The van der Waals surface area contributed by atoms with Gasteiger partial charge in [-0.3, -0.25) is 9.59 Å². The first-order valence-electron chi connectivity index (χ1n) is 7.84. The van der Waals surface area contributed by atoms with Gasteiger partial charge in [0.2, 0.25) is 0 Å². The number of carbonyl (C=O) groups excluding carboxylic acids is 2. The van der Waals surface area contributed by atoms with E-state index in [4.69, 9.17) is 4.74 Å². The Hall–Kier alpha value is -2.82. The summed E-state index contributed by atoms with van der Waals surface area (Å²) in [5.41, 5.74) is 3.01. The van der Waals surface area contributed by atoms with Crippen LogP contribution in [0.5, 0.6) is 5.75 Å². The predicted octanol–water partition coefficient (Wildman–Crippen LogP) is 2.37. The number of para-hydroxylation sites is 1. The normalized spacial score (nSPS) is 12.6. The van der Waals surface area contributed by atoms with E-state index in [9.17, 15) is 9.59 Å². The van der Waals surface area contributed by atoms with Gasteiger partial charge in [0.15, 0.2) is 6.61 Å². The lowest BCUT2D eigenvalue weighted by molar-refractivity contribution is -0.139. The lowest BCUT2D eigenvalue weighted by Gasteiger charge is -2.17. The minimum absolute atomic E-state index is 0.00924. The number of amides is 1. The quantitative estimate of drug-likeness (QED) is 0.792. The number of fused-ring (bicyclic) bond motifs is 1. The van der Waals surface area contributed by atoms with Gasteiger partial charge in [0, 0.05) is 12.2 Å². The van der Waals surface area contributed by atoms with Crippen molar-refractivity contribution >= 4 is 17.6 Å². The van der Waals surface area contributed by atoms with Gasteiger partial charge in [-0.25, -0.2) is 0 Å². The summed E-state index contributed by atoms with van der Waals surface area (Å²) in [6.07, 6.45) is 1.10. The Morgan fingerprint density at radius 1 is 1.08 bits per heavy atom. The van der Waals surface area contributed by atoms with E-state index in [-0.39, 0.29) is 24.9 Å². The highest BCUT2D eigenvalue weighted by Crippen LogP contribution is 2.27. The molecule has 0 N–H and O–H groups in total. The highest BCUT2D eigenvalue weighted by Gasteiger charge is 2.24. The molecule has 3 rings (SSSR count). The van der Waals surface area contributed by atoms with E-state index in [0.29, 0.717) is 12.3 Å². The number of rotatable bonds is 5. The monoisotopic (exact) mass is 325 g/mol. The van der Waals surface area contributed by atoms with E-state index < -0.39 is 0 Å². The molecule has 0 bridgehead atoms. The summed E-state index contributed by atoms with van der Waals surface area (Å²) in [7, 11) is 1.36. The lowest BCUT2D eigenvalue weighted by Crippen LogP contribution is -2.33. The molecule has 0 unspecified atom stereocenters. The molecule has 0 spiro atoms.